The van der Waals surface area contributed by atoms with Crippen LogP contribution in [0.25, 0.3) is 11.2 Å². The Morgan fingerprint density at radius 2 is 2.03 bits per heavy atom. The van der Waals surface area contributed by atoms with Crippen LogP contribution in [0.4, 0.5) is 10.2 Å². The quantitative estimate of drug-likeness (QED) is 0.258. The molecule has 0 amide bonds. The van der Waals surface area contributed by atoms with Crippen molar-refractivity contribution >= 4 is 28.7 Å². The first kappa shape index (κ1) is 24.4. The largest absolute Gasteiger partial charge is 0.396 e. The third kappa shape index (κ3) is 4.74. The molecule has 0 radical (unpaired) electrons. The van der Waals surface area contributed by atoms with Gasteiger partial charge in [0, 0.05) is 24.3 Å². The molecule has 4 N–H and O–H groups in total. The molecule has 2 aromatic heterocycles. The van der Waals surface area contributed by atoms with Gasteiger partial charge in [-0.05, 0) is 55.7 Å². The number of aromatic nitrogens is 5. The van der Waals surface area contributed by atoms with Crippen LogP contribution in [0.5, 0.6) is 0 Å². The van der Waals surface area contributed by atoms with Gasteiger partial charge < -0.3 is 20.6 Å². The minimum absolute atomic E-state index is 0.0521. The Labute approximate surface area is 207 Å². The fourth-order valence-electron chi connectivity index (χ4n) is 4.98. The van der Waals surface area contributed by atoms with Crippen LogP contribution in [0.3, 0.4) is 0 Å². The first-order valence-electron chi connectivity index (χ1n) is 12.2. The first-order chi connectivity index (χ1) is 16.9. The molecule has 0 aliphatic heterocycles. The van der Waals surface area contributed by atoms with Crippen LogP contribution in [-0.2, 0) is 0 Å². The van der Waals surface area contributed by atoms with Crippen molar-refractivity contribution in [2.24, 2.45) is 5.92 Å². The molecule has 0 spiro atoms. The van der Waals surface area contributed by atoms with Gasteiger partial charge in [-0.3, -0.25) is 0 Å². The standard InChI is InChI=1S/C24H31FN6O3S/c1-3-8-35-24-27-22(26-17-11-15(17)13-4-5-16(25)12(2)9-13)19-23(28-24)31(30-29-19)18-10-14(6-7-32)20(33)21(18)34/h4-5,9,14-15,17-18,20-21,32-34H,3,6-8,10-11H2,1-2H3,(H,26,27,28). The maximum atomic E-state index is 13.7. The van der Waals surface area contributed by atoms with Crippen molar-refractivity contribution in [2.45, 2.75) is 74.9 Å². The van der Waals surface area contributed by atoms with Gasteiger partial charge in [0.15, 0.2) is 22.1 Å². The van der Waals surface area contributed by atoms with E-state index < -0.39 is 18.2 Å². The molecule has 6 atom stereocenters. The number of aliphatic hydroxyl groups is 3. The topological polar surface area (TPSA) is 129 Å². The summed E-state index contributed by atoms with van der Waals surface area (Å²) >= 11 is 1.54. The van der Waals surface area contributed by atoms with Gasteiger partial charge in [-0.2, -0.15) is 0 Å². The molecular formula is C24H31FN6O3S. The summed E-state index contributed by atoms with van der Waals surface area (Å²) in [4.78, 5) is 9.42. The molecule has 188 valence electrons. The number of fused-ring (bicyclic) bond motifs is 1. The second-order valence-corrected chi connectivity index (χ2v) is 10.6. The molecule has 6 unspecified atom stereocenters. The Morgan fingerprint density at radius 3 is 2.77 bits per heavy atom. The number of aryl methyl sites for hydroxylation is 1. The fraction of sp³-hybridized carbons (Fsp3) is 0.583. The van der Waals surface area contributed by atoms with E-state index in [0.717, 1.165) is 24.2 Å². The van der Waals surface area contributed by atoms with Gasteiger partial charge in [-0.15, -0.1) is 5.10 Å². The van der Waals surface area contributed by atoms with Crippen LogP contribution in [-0.4, -0.2) is 70.9 Å². The van der Waals surface area contributed by atoms with Crippen molar-refractivity contribution in [3.8, 4) is 0 Å². The monoisotopic (exact) mass is 502 g/mol. The highest BCUT2D eigenvalue weighted by atomic mass is 32.2. The number of nitrogens with zero attached hydrogens (tertiary/aromatic N) is 5. The lowest BCUT2D eigenvalue weighted by Crippen LogP contribution is -2.30. The number of benzene rings is 1. The second kappa shape index (κ2) is 9.96. The highest BCUT2D eigenvalue weighted by Gasteiger charge is 2.44. The third-order valence-electron chi connectivity index (χ3n) is 7.05. The third-order valence-corrected chi connectivity index (χ3v) is 8.10. The molecule has 1 aromatic carbocycles. The van der Waals surface area contributed by atoms with Crippen molar-refractivity contribution in [3.05, 3.63) is 35.1 Å². The first-order valence-corrected chi connectivity index (χ1v) is 13.1. The van der Waals surface area contributed by atoms with E-state index in [2.05, 4.69) is 22.6 Å². The van der Waals surface area contributed by atoms with Crippen LogP contribution >= 0.6 is 11.8 Å². The summed E-state index contributed by atoms with van der Waals surface area (Å²) in [5.41, 5.74) is 2.75. The van der Waals surface area contributed by atoms with Crippen LogP contribution in [0, 0.1) is 18.7 Å². The van der Waals surface area contributed by atoms with Gasteiger partial charge in [0.1, 0.15) is 11.9 Å². The Morgan fingerprint density at radius 1 is 1.20 bits per heavy atom. The van der Waals surface area contributed by atoms with Gasteiger partial charge in [-0.25, -0.2) is 19.0 Å². The van der Waals surface area contributed by atoms with Crippen molar-refractivity contribution < 1.29 is 19.7 Å². The van der Waals surface area contributed by atoms with E-state index in [4.69, 9.17) is 9.97 Å². The van der Waals surface area contributed by atoms with Crippen molar-refractivity contribution in [2.75, 3.05) is 17.7 Å². The molecular weight excluding hydrogens is 471 g/mol. The molecule has 2 heterocycles. The van der Waals surface area contributed by atoms with Gasteiger partial charge in [-0.1, -0.05) is 36.0 Å². The summed E-state index contributed by atoms with van der Waals surface area (Å²) in [6.07, 6.45) is 0.790. The predicted molar refractivity (Wildman–Crippen MR) is 131 cm³/mol. The highest BCUT2D eigenvalue weighted by molar-refractivity contribution is 7.99. The fourth-order valence-corrected chi connectivity index (χ4v) is 5.68. The zero-order valence-corrected chi connectivity index (χ0v) is 20.6. The molecule has 2 fully saturated rings. The summed E-state index contributed by atoms with van der Waals surface area (Å²) in [6.45, 7) is 3.81. The SMILES string of the molecule is CCCSc1nc(NC2CC2c2ccc(F)c(C)c2)c2nnn(C3CC(CCO)C(O)C3O)c2n1. The highest BCUT2D eigenvalue weighted by Crippen LogP contribution is 2.44. The van der Waals surface area contributed by atoms with E-state index in [1.807, 2.05) is 12.1 Å². The van der Waals surface area contributed by atoms with Crippen molar-refractivity contribution in [1.29, 1.82) is 0 Å². The number of rotatable bonds is 9. The Balaban J connectivity index is 1.44. The van der Waals surface area contributed by atoms with Gasteiger partial charge in [0.2, 0.25) is 0 Å². The van der Waals surface area contributed by atoms with Crippen LogP contribution in [0.15, 0.2) is 23.4 Å². The zero-order valence-electron chi connectivity index (χ0n) is 19.8. The molecule has 9 nitrogen and oxygen atoms in total. The van der Waals surface area contributed by atoms with Gasteiger partial charge in [0.25, 0.3) is 0 Å². The number of hydrogen-bond acceptors (Lipinski definition) is 9. The lowest BCUT2D eigenvalue weighted by molar-refractivity contribution is 0.00107. The maximum absolute atomic E-state index is 13.7. The molecule has 11 heteroatoms. The van der Waals surface area contributed by atoms with Gasteiger partial charge >= 0.3 is 0 Å². The molecule has 35 heavy (non-hydrogen) atoms. The minimum atomic E-state index is -1.02. The average Bonchev–Trinajstić information content (AvgIpc) is 3.39. The van der Waals surface area contributed by atoms with E-state index in [-0.39, 0.29) is 30.3 Å². The number of nitrogens with one attached hydrogen (secondary N) is 1. The summed E-state index contributed by atoms with van der Waals surface area (Å²) in [5.74, 6) is 1.28. The van der Waals surface area contributed by atoms with Crippen molar-refractivity contribution in [1.82, 2.24) is 25.0 Å². The summed E-state index contributed by atoms with van der Waals surface area (Å²) in [7, 11) is 0. The Hall–Kier alpha value is -2.34. The predicted octanol–water partition coefficient (Wildman–Crippen LogP) is 2.80. The Kier molecular flexibility index (Phi) is 6.93. The maximum Gasteiger partial charge on any atom is 0.191 e. The number of anilines is 1. The molecule has 3 aromatic rings. The summed E-state index contributed by atoms with van der Waals surface area (Å²) < 4.78 is 15.3. The zero-order chi connectivity index (χ0) is 24.7. The second-order valence-electron chi connectivity index (χ2n) is 9.57. The minimum Gasteiger partial charge on any atom is -0.396 e. The van der Waals surface area contributed by atoms with Crippen molar-refractivity contribution in [3.63, 3.8) is 0 Å². The summed E-state index contributed by atoms with van der Waals surface area (Å²) in [6, 6.07) is 4.89. The van der Waals surface area contributed by atoms with Gasteiger partial charge in [0.05, 0.1) is 12.1 Å². The molecule has 0 bridgehead atoms. The Bertz CT molecular complexity index is 1210. The van der Waals surface area contributed by atoms with Crippen LogP contribution < -0.4 is 5.32 Å². The van der Waals surface area contributed by atoms with E-state index in [1.165, 1.54) is 6.07 Å². The summed E-state index contributed by atoms with van der Waals surface area (Å²) in [5, 5.41) is 43.2. The average molecular weight is 503 g/mol. The van der Waals surface area contributed by atoms with Crippen LogP contribution in [0.2, 0.25) is 0 Å². The molecule has 0 saturated heterocycles. The normalized spacial score (nSPS) is 28.1. The molecule has 2 aliphatic carbocycles. The number of thioether (sulfide) groups is 1. The number of halogens is 1. The lowest BCUT2D eigenvalue weighted by Gasteiger charge is -2.17. The number of hydrogen-bond donors (Lipinski definition) is 4. The van der Waals surface area contributed by atoms with Crippen LogP contribution in [0.1, 0.15) is 55.7 Å². The lowest BCUT2D eigenvalue weighted by atomic mass is 10.0. The smallest absolute Gasteiger partial charge is 0.191 e. The van der Waals surface area contributed by atoms with E-state index in [9.17, 15) is 19.7 Å². The molecule has 5 rings (SSSR count). The van der Waals surface area contributed by atoms with E-state index in [1.54, 1.807) is 23.4 Å². The number of aliphatic hydroxyl groups excluding tert-OH is 3. The van der Waals surface area contributed by atoms with E-state index >= 15 is 0 Å². The molecule has 2 aliphatic rings. The van der Waals surface area contributed by atoms with E-state index in [0.29, 0.717) is 40.5 Å². The molecule has 2 saturated carbocycles.